The van der Waals surface area contributed by atoms with Crippen LogP contribution in [0.2, 0.25) is 0 Å². The lowest BCUT2D eigenvalue weighted by Crippen LogP contribution is -2.52. The molecule has 0 aliphatic carbocycles. The lowest BCUT2D eigenvalue weighted by Gasteiger charge is -2.37. The zero-order valence-electron chi connectivity index (χ0n) is 15.8. The van der Waals surface area contributed by atoms with Crippen molar-refractivity contribution in [1.82, 2.24) is 20.4 Å². The number of anilines is 2. The fourth-order valence-electron chi connectivity index (χ4n) is 4.14. The highest BCUT2D eigenvalue weighted by molar-refractivity contribution is 5.84. The molecule has 1 atom stereocenters. The van der Waals surface area contributed by atoms with E-state index >= 15 is 0 Å². The maximum Gasteiger partial charge on any atom is 0.227 e. The topological polar surface area (TPSA) is 81.7 Å². The van der Waals surface area contributed by atoms with Gasteiger partial charge < -0.3 is 20.0 Å². The Bertz CT molecular complexity index is 655. The van der Waals surface area contributed by atoms with E-state index in [4.69, 9.17) is 0 Å². The van der Waals surface area contributed by atoms with Crippen molar-refractivity contribution in [1.29, 1.82) is 0 Å². The molecule has 3 aliphatic rings. The standard InChI is InChI=1S/C19H28N6O2/c26-18-7-4-15(14-20-18)19(27)25-12-10-24(11-13-25)17-6-5-16(21-22-17)23-8-2-1-3-9-23/h5-6,15H,1-4,7-14H2,(H,20,26). The van der Waals surface area contributed by atoms with Crippen LogP contribution >= 0.6 is 0 Å². The number of carbonyl (C=O) groups excluding carboxylic acids is 2. The maximum absolute atomic E-state index is 12.6. The van der Waals surface area contributed by atoms with Crippen LogP contribution in [-0.2, 0) is 9.59 Å². The van der Waals surface area contributed by atoms with Crippen molar-refractivity contribution in [3.8, 4) is 0 Å². The summed E-state index contributed by atoms with van der Waals surface area (Å²) in [7, 11) is 0. The highest BCUT2D eigenvalue weighted by Gasteiger charge is 2.30. The first kappa shape index (κ1) is 18.0. The molecule has 1 unspecified atom stereocenters. The van der Waals surface area contributed by atoms with Gasteiger partial charge >= 0.3 is 0 Å². The largest absolute Gasteiger partial charge is 0.355 e. The number of piperazine rings is 1. The van der Waals surface area contributed by atoms with E-state index in [-0.39, 0.29) is 17.7 Å². The Kier molecular flexibility index (Phi) is 5.40. The number of hydrogen-bond acceptors (Lipinski definition) is 6. The Morgan fingerprint density at radius 3 is 2.11 bits per heavy atom. The first-order valence-electron chi connectivity index (χ1n) is 10.1. The first-order valence-corrected chi connectivity index (χ1v) is 10.1. The van der Waals surface area contributed by atoms with Gasteiger partial charge in [-0.25, -0.2) is 0 Å². The lowest BCUT2D eigenvalue weighted by atomic mass is 9.97. The molecule has 0 radical (unpaired) electrons. The molecule has 0 spiro atoms. The first-order chi connectivity index (χ1) is 13.2. The van der Waals surface area contributed by atoms with Crippen molar-refractivity contribution in [3.05, 3.63) is 12.1 Å². The van der Waals surface area contributed by atoms with Gasteiger partial charge in [0.05, 0.1) is 5.92 Å². The van der Waals surface area contributed by atoms with E-state index in [1.54, 1.807) is 0 Å². The molecule has 3 saturated heterocycles. The summed E-state index contributed by atoms with van der Waals surface area (Å²) in [5.74, 6) is 1.99. The monoisotopic (exact) mass is 372 g/mol. The maximum atomic E-state index is 12.6. The Morgan fingerprint density at radius 2 is 1.56 bits per heavy atom. The summed E-state index contributed by atoms with van der Waals surface area (Å²) < 4.78 is 0. The zero-order valence-corrected chi connectivity index (χ0v) is 15.8. The zero-order chi connectivity index (χ0) is 18.6. The lowest BCUT2D eigenvalue weighted by molar-refractivity contribution is -0.137. The second-order valence-electron chi connectivity index (χ2n) is 7.65. The second kappa shape index (κ2) is 8.10. The number of carbonyl (C=O) groups is 2. The summed E-state index contributed by atoms with van der Waals surface area (Å²) in [5, 5.41) is 11.7. The third-order valence-corrected chi connectivity index (χ3v) is 5.85. The minimum atomic E-state index is -0.0714. The van der Waals surface area contributed by atoms with E-state index in [0.29, 0.717) is 32.5 Å². The number of hydrogen-bond donors (Lipinski definition) is 1. The van der Waals surface area contributed by atoms with Crippen LogP contribution in [0.5, 0.6) is 0 Å². The Balaban J connectivity index is 1.29. The predicted molar refractivity (Wildman–Crippen MR) is 103 cm³/mol. The third-order valence-electron chi connectivity index (χ3n) is 5.85. The molecule has 3 aliphatic heterocycles. The van der Waals surface area contributed by atoms with Crippen LogP contribution in [0.25, 0.3) is 0 Å². The number of nitrogens with zero attached hydrogens (tertiary/aromatic N) is 5. The van der Waals surface area contributed by atoms with Crippen molar-refractivity contribution >= 4 is 23.5 Å². The van der Waals surface area contributed by atoms with E-state index in [9.17, 15) is 9.59 Å². The van der Waals surface area contributed by atoms with Gasteiger partial charge in [-0.1, -0.05) is 0 Å². The molecule has 146 valence electrons. The van der Waals surface area contributed by atoms with Crippen LogP contribution < -0.4 is 15.1 Å². The normalized spacial score (nSPS) is 23.9. The highest BCUT2D eigenvalue weighted by atomic mass is 16.2. The molecular formula is C19H28N6O2. The summed E-state index contributed by atoms with van der Waals surface area (Å²) in [6.07, 6.45) is 4.87. The second-order valence-corrected chi connectivity index (χ2v) is 7.65. The van der Waals surface area contributed by atoms with Gasteiger partial charge in [-0.3, -0.25) is 9.59 Å². The molecule has 8 heteroatoms. The van der Waals surface area contributed by atoms with Gasteiger partial charge in [0.1, 0.15) is 0 Å². The van der Waals surface area contributed by atoms with Crippen LogP contribution in [-0.4, -0.2) is 72.7 Å². The predicted octanol–water partition coefficient (Wildman–Crippen LogP) is 0.642. The quantitative estimate of drug-likeness (QED) is 0.839. The smallest absolute Gasteiger partial charge is 0.227 e. The van der Waals surface area contributed by atoms with Gasteiger partial charge in [-0.05, 0) is 37.8 Å². The van der Waals surface area contributed by atoms with Crippen molar-refractivity contribution in [2.75, 3.05) is 55.6 Å². The molecule has 0 saturated carbocycles. The summed E-state index contributed by atoms with van der Waals surface area (Å²) >= 11 is 0. The Labute approximate surface area is 159 Å². The molecular weight excluding hydrogens is 344 g/mol. The van der Waals surface area contributed by atoms with E-state index < -0.39 is 0 Å². The van der Waals surface area contributed by atoms with Crippen molar-refractivity contribution in [3.63, 3.8) is 0 Å². The van der Waals surface area contributed by atoms with E-state index in [0.717, 1.165) is 37.8 Å². The van der Waals surface area contributed by atoms with Gasteiger partial charge in [0.25, 0.3) is 0 Å². The minimum absolute atomic E-state index is 0.0513. The van der Waals surface area contributed by atoms with Crippen molar-refractivity contribution in [2.24, 2.45) is 5.92 Å². The van der Waals surface area contributed by atoms with Crippen LogP contribution in [0, 0.1) is 5.92 Å². The highest BCUT2D eigenvalue weighted by Crippen LogP contribution is 2.21. The van der Waals surface area contributed by atoms with Gasteiger partial charge in [0.2, 0.25) is 11.8 Å². The molecule has 1 aromatic rings. The number of nitrogens with one attached hydrogen (secondary N) is 1. The molecule has 4 rings (SSSR count). The summed E-state index contributed by atoms with van der Waals surface area (Å²) in [6.45, 7) is 5.52. The van der Waals surface area contributed by atoms with E-state index in [2.05, 4.69) is 31.4 Å². The van der Waals surface area contributed by atoms with Crippen molar-refractivity contribution < 1.29 is 9.59 Å². The third kappa shape index (κ3) is 4.14. The number of rotatable bonds is 3. The molecule has 4 heterocycles. The SMILES string of the molecule is O=C1CCC(C(=O)N2CCN(c3ccc(N4CCCCC4)nn3)CC2)CN1. The molecule has 0 aromatic carbocycles. The minimum Gasteiger partial charge on any atom is -0.355 e. The Morgan fingerprint density at radius 1 is 0.926 bits per heavy atom. The molecule has 3 fully saturated rings. The molecule has 1 aromatic heterocycles. The van der Waals surface area contributed by atoms with Gasteiger partial charge in [0.15, 0.2) is 11.6 Å². The molecule has 8 nitrogen and oxygen atoms in total. The van der Waals surface area contributed by atoms with Crippen molar-refractivity contribution in [2.45, 2.75) is 32.1 Å². The number of piperidine rings is 2. The van der Waals surface area contributed by atoms with Crippen LogP contribution in [0.4, 0.5) is 11.6 Å². The van der Waals surface area contributed by atoms with Crippen LogP contribution in [0.3, 0.4) is 0 Å². The number of aromatic nitrogens is 2. The molecule has 0 bridgehead atoms. The Hall–Kier alpha value is -2.38. The van der Waals surface area contributed by atoms with Gasteiger partial charge in [0, 0.05) is 52.2 Å². The fraction of sp³-hybridized carbons (Fsp3) is 0.684. The summed E-state index contributed by atoms with van der Waals surface area (Å²) in [6, 6.07) is 4.11. The summed E-state index contributed by atoms with van der Waals surface area (Å²) in [4.78, 5) is 30.3. The van der Waals surface area contributed by atoms with Gasteiger partial charge in [-0.2, -0.15) is 0 Å². The van der Waals surface area contributed by atoms with E-state index in [1.165, 1.54) is 19.3 Å². The molecule has 27 heavy (non-hydrogen) atoms. The summed E-state index contributed by atoms with van der Waals surface area (Å²) in [5.41, 5.74) is 0. The average molecular weight is 372 g/mol. The fourth-order valence-corrected chi connectivity index (χ4v) is 4.14. The average Bonchev–Trinajstić information content (AvgIpc) is 2.75. The number of amides is 2. The van der Waals surface area contributed by atoms with E-state index in [1.807, 2.05) is 11.0 Å². The van der Waals surface area contributed by atoms with Crippen LogP contribution in [0.15, 0.2) is 12.1 Å². The van der Waals surface area contributed by atoms with Gasteiger partial charge in [-0.15, -0.1) is 10.2 Å². The molecule has 2 amide bonds. The molecule has 1 N–H and O–H groups in total. The van der Waals surface area contributed by atoms with Crippen LogP contribution in [0.1, 0.15) is 32.1 Å².